The summed E-state index contributed by atoms with van der Waals surface area (Å²) in [5.74, 6) is -2.58. The van der Waals surface area contributed by atoms with Crippen LogP contribution in [-0.4, -0.2) is 59.3 Å². The van der Waals surface area contributed by atoms with Crippen molar-refractivity contribution in [2.24, 2.45) is 0 Å². The van der Waals surface area contributed by atoms with Crippen LogP contribution in [0.4, 0.5) is 0 Å². The Balaban J connectivity index is 4.38. The molecule has 0 aromatic heterocycles. The van der Waals surface area contributed by atoms with Gasteiger partial charge in [-0.15, -0.1) is 0 Å². The van der Waals surface area contributed by atoms with Gasteiger partial charge in [-0.1, -0.05) is 176 Å². The van der Waals surface area contributed by atoms with Crippen molar-refractivity contribution in [2.75, 3.05) is 13.2 Å². The van der Waals surface area contributed by atoms with Gasteiger partial charge in [-0.25, -0.2) is 4.79 Å². The molecule has 0 heterocycles. The lowest BCUT2D eigenvalue weighted by molar-refractivity contribution is -0.147. The average molecular weight is 865 g/mol. The predicted octanol–water partition coefficient (Wildman–Crippen LogP) is 12.8. The van der Waals surface area contributed by atoms with Crippen LogP contribution in [0.3, 0.4) is 0 Å². The highest BCUT2D eigenvalue weighted by Crippen LogP contribution is 2.15. The Morgan fingerprint density at radius 2 is 0.968 bits per heavy atom. The van der Waals surface area contributed by atoms with Crippen molar-refractivity contribution in [1.82, 2.24) is 10.6 Å². The summed E-state index contributed by atoms with van der Waals surface area (Å²) < 4.78 is 5.87. The molecule has 0 aromatic carbocycles. The molecule has 0 rings (SSSR count). The number of ether oxygens (including phenoxy) is 1. The van der Waals surface area contributed by atoms with Crippen molar-refractivity contribution >= 4 is 23.8 Å². The summed E-state index contributed by atoms with van der Waals surface area (Å²) in [5, 5.41) is 22.6. The number of carbonyl (C=O) groups is 4. The Hall–Kier alpha value is -3.98. The smallest absolute Gasteiger partial charge is 0.328 e. The third kappa shape index (κ3) is 42.7. The van der Waals surface area contributed by atoms with Gasteiger partial charge in [0.15, 0.2) is 0 Å². The van der Waals surface area contributed by atoms with E-state index in [-0.39, 0.29) is 30.9 Å². The lowest BCUT2D eigenvalue weighted by Crippen LogP contribution is -2.47. The molecule has 2 atom stereocenters. The summed E-state index contributed by atoms with van der Waals surface area (Å²) >= 11 is 0. The van der Waals surface area contributed by atoms with Crippen molar-refractivity contribution < 1.29 is 34.1 Å². The van der Waals surface area contributed by atoms with Crippen LogP contribution < -0.4 is 10.6 Å². The normalized spacial score (nSPS) is 13.2. The van der Waals surface area contributed by atoms with Crippen LogP contribution >= 0.6 is 0 Å². The monoisotopic (exact) mass is 865 g/mol. The zero-order chi connectivity index (χ0) is 45.4. The van der Waals surface area contributed by atoms with Gasteiger partial charge in [0.25, 0.3) is 0 Å². The third-order valence-corrected chi connectivity index (χ3v) is 10.4. The fourth-order valence-electron chi connectivity index (χ4n) is 6.63. The molecule has 0 radical (unpaired) electrons. The number of hydrogen-bond acceptors (Lipinski definition) is 6. The molecule has 0 spiro atoms. The van der Waals surface area contributed by atoms with Crippen molar-refractivity contribution in [1.29, 1.82) is 0 Å². The lowest BCUT2D eigenvalue weighted by atomic mass is 10.0. The van der Waals surface area contributed by atoms with Crippen molar-refractivity contribution in [3.63, 3.8) is 0 Å². The summed E-state index contributed by atoms with van der Waals surface area (Å²) in [6.07, 6.45) is 60.6. The largest absolute Gasteiger partial charge is 0.480 e. The van der Waals surface area contributed by atoms with Crippen molar-refractivity contribution in [3.05, 3.63) is 85.1 Å². The maximum atomic E-state index is 12.8. The van der Waals surface area contributed by atoms with E-state index in [2.05, 4.69) is 97.4 Å². The van der Waals surface area contributed by atoms with Gasteiger partial charge in [0, 0.05) is 12.8 Å². The second-order valence-electron chi connectivity index (χ2n) is 16.2. The lowest BCUT2D eigenvalue weighted by Gasteiger charge is -2.15. The highest BCUT2D eigenvalue weighted by atomic mass is 16.5. The van der Waals surface area contributed by atoms with Crippen LogP contribution in [0.2, 0.25) is 0 Å². The number of unbranched alkanes of at least 4 members (excludes halogenated alkanes) is 17. The molecule has 0 saturated heterocycles. The standard InChI is InChI=1S/C53H88N2O7/c1-3-5-7-9-11-13-15-17-19-20-21-22-23-24-25-26-27-29-31-33-35-37-39-45-52(59)62-48(42-38-36-34-32-30-28-18-16-14-12-10-8-6-4-2)43-40-41-44-50(57)54-46-51(58)55-49(47-56)53(60)61/h6,8,12,14-15,17-18,20-21,28,32,34,38,42,48-49,56H,3-5,7,9-11,13,16,19,22-27,29-31,33,35-37,39-41,43-47H2,1-2H3,(H,54,57)(H,55,58)(H,60,61)/b8-6-,14-12-,17-15-,21-20-,28-18-,34-32-,42-38-. The van der Waals surface area contributed by atoms with Crippen molar-refractivity contribution in [2.45, 2.75) is 212 Å². The van der Waals surface area contributed by atoms with Crippen LogP contribution in [0, 0.1) is 0 Å². The fourth-order valence-corrected chi connectivity index (χ4v) is 6.63. The number of amides is 2. The van der Waals surface area contributed by atoms with E-state index in [0.29, 0.717) is 25.7 Å². The van der Waals surface area contributed by atoms with Crippen LogP contribution in [0.5, 0.6) is 0 Å². The molecule has 4 N–H and O–H groups in total. The number of hydrogen-bond donors (Lipinski definition) is 4. The molecular formula is C53H88N2O7. The molecule has 9 nitrogen and oxygen atoms in total. The van der Waals surface area contributed by atoms with Gasteiger partial charge in [0.2, 0.25) is 11.8 Å². The van der Waals surface area contributed by atoms with Crippen LogP contribution in [0.15, 0.2) is 85.1 Å². The molecule has 2 unspecified atom stereocenters. The number of rotatable bonds is 43. The third-order valence-electron chi connectivity index (χ3n) is 10.4. The minimum Gasteiger partial charge on any atom is -0.480 e. The van der Waals surface area contributed by atoms with Crippen molar-refractivity contribution in [3.8, 4) is 0 Å². The van der Waals surface area contributed by atoms with Gasteiger partial charge < -0.3 is 25.6 Å². The maximum Gasteiger partial charge on any atom is 0.328 e. The number of carboxylic acids is 1. The molecule has 9 heteroatoms. The molecule has 0 aromatic rings. The Morgan fingerprint density at radius 1 is 0.516 bits per heavy atom. The van der Waals surface area contributed by atoms with Crippen LogP contribution in [0.1, 0.15) is 200 Å². The SMILES string of the molecule is CC/C=C\C/C=C\C/C=C\C/C=C\C/C=C\C(CCCCC(=O)NCC(=O)NC(CO)C(=O)O)OC(=O)CCCCCCCCCCCCC/C=C\C/C=C\CCCCCCC. The predicted molar refractivity (Wildman–Crippen MR) is 259 cm³/mol. The second-order valence-corrected chi connectivity index (χ2v) is 16.2. The summed E-state index contributed by atoms with van der Waals surface area (Å²) in [4.78, 5) is 48.0. The molecule has 0 bridgehead atoms. The highest BCUT2D eigenvalue weighted by Gasteiger charge is 2.19. The topological polar surface area (TPSA) is 142 Å². The van der Waals surface area contributed by atoms with E-state index >= 15 is 0 Å². The van der Waals surface area contributed by atoms with Gasteiger partial charge in [-0.2, -0.15) is 0 Å². The number of aliphatic hydroxyl groups is 1. The van der Waals surface area contributed by atoms with Crippen LogP contribution in [0.25, 0.3) is 0 Å². The Labute approximate surface area is 377 Å². The molecule has 0 aliphatic rings. The Kier molecular flexibility index (Phi) is 43.5. The number of esters is 1. The number of aliphatic hydroxyl groups excluding tert-OH is 1. The van der Waals surface area contributed by atoms with Gasteiger partial charge in [0.1, 0.15) is 12.1 Å². The average Bonchev–Trinajstić information content (AvgIpc) is 3.26. The minimum atomic E-state index is -1.42. The quantitative estimate of drug-likeness (QED) is 0.0272. The van der Waals surface area contributed by atoms with Gasteiger partial charge >= 0.3 is 11.9 Å². The summed E-state index contributed by atoms with van der Waals surface area (Å²) in [6.45, 7) is 3.28. The minimum absolute atomic E-state index is 0.178. The van der Waals surface area contributed by atoms with E-state index in [9.17, 15) is 19.2 Å². The first-order valence-corrected chi connectivity index (χ1v) is 24.5. The Morgan fingerprint density at radius 3 is 1.47 bits per heavy atom. The molecular weight excluding hydrogens is 777 g/mol. The van der Waals surface area contributed by atoms with E-state index in [1.54, 1.807) is 0 Å². The van der Waals surface area contributed by atoms with Gasteiger partial charge in [0.05, 0.1) is 13.2 Å². The molecule has 0 fully saturated rings. The number of carboxylic acid groups (broad SMARTS) is 1. The number of nitrogens with one attached hydrogen (secondary N) is 2. The molecule has 0 aliphatic heterocycles. The zero-order valence-corrected chi connectivity index (χ0v) is 39.1. The number of aliphatic carboxylic acids is 1. The number of allylic oxidation sites excluding steroid dienone is 13. The summed E-state index contributed by atoms with van der Waals surface area (Å²) in [5.41, 5.74) is 0. The van der Waals surface area contributed by atoms with Gasteiger partial charge in [-0.05, 0) is 96.0 Å². The van der Waals surface area contributed by atoms with E-state index in [1.165, 1.54) is 96.3 Å². The van der Waals surface area contributed by atoms with E-state index < -0.39 is 24.5 Å². The molecule has 352 valence electrons. The zero-order valence-electron chi connectivity index (χ0n) is 39.1. The maximum absolute atomic E-state index is 12.8. The molecule has 0 aliphatic carbocycles. The van der Waals surface area contributed by atoms with E-state index in [4.69, 9.17) is 14.9 Å². The Bertz CT molecular complexity index is 1310. The van der Waals surface area contributed by atoms with E-state index in [0.717, 1.165) is 57.8 Å². The van der Waals surface area contributed by atoms with Gasteiger partial charge in [-0.3, -0.25) is 14.4 Å². The number of carbonyl (C=O) groups excluding carboxylic acids is 3. The van der Waals surface area contributed by atoms with E-state index in [1.807, 2.05) is 12.2 Å². The summed E-state index contributed by atoms with van der Waals surface area (Å²) in [6, 6.07) is -1.42. The molecule has 62 heavy (non-hydrogen) atoms. The highest BCUT2D eigenvalue weighted by molar-refractivity contribution is 5.87. The second kappa shape index (κ2) is 46.5. The first-order valence-electron chi connectivity index (χ1n) is 24.5. The fraction of sp³-hybridized carbons (Fsp3) is 0.660. The first kappa shape index (κ1) is 58.0. The first-order chi connectivity index (χ1) is 30.3. The van der Waals surface area contributed by atoms with Crippen LogP contribution in [-0.2, 0) is 23.9 Å². The summed E-state index contributed by atoms with van der Waals surface area (Å²) in [7, 11) is 0. The molecule has 0 saturated carbocycles. The molecule has 2 amide bonds.